The highest BCUT2D eigenvalue weighted by Gasteiger charge is 2.46. The molecule has 0 amide bonds. The fraction of sp³-hybridized carbons (Fsp3) is 0.917. The molecule has 0 aromatic rings. The van der Waals surface area contributed by atoms with E-state index in [-0.39, 0.29) is 11.5 Å². The molecule has 0 aromatic carbocycles. The van der Waals surface area contributed by atoms with Crippen molar-refractivity contribution in [2.75, 3.05) is 27.3 Å². The summed E-state index contributed by atoms with van der Waals surface area (Å²) in [5, 5.41) is 0. The number of likely N-dealkylation sites (N-methyl/N-ethyl adjacent to an activating group) is 1. The van der Waals surface area contributed by atoms with Gasteiger partial charge in [-0.1, -0.05) is 12.8 Å². The Bertz CT molecular complexity index is 238. The molecular weight excluding hydrogens is 190 g/mol. The zero-order chi connectivity index (χ0) is 10.9. The Labute approximate surface area is 91.8 Å². The molecule has 0 N–H and O–H groups in total. The summed E-state index contributed by atoms with van der Waals surface area (Å²) in [6.07, 6.45) is 5.38. The Morgan fingerprint density at radius 1 is 1.33 bits per heavy atom. The smallest absolute Gasteiger partial charge is 0.158 e. The zero-order valence-electron chi connectivity index (χ0n) is 9.79. The summed E-state index contributed by atoms with van der Waals surface area (Å²) in [6.45, 7) is 1.41. The van der Waals surface area contributed by atoms with E-state index in [9.17, 15) is 4.79 Å². The van der Waals surface area contributed by atoms with Gasteiger partial charge in [0.25, 0.3) is 0 Å². The number of nitrogens with zero attached hydrogens (tertiary/aromatic N) is 1. The van der Waals surface area contributed by atoms with Crippen LogP contribution >= 0.6 is 0 Å². The lowest BCUT2D eigenvalue weighted by Crippen LogP contribution is -2.51. The van der Waals surface area contributed by atoms with Crippen molar-refractivity contribution in [3.63, 3.8) is 0 Å². The van der Waals surface area contributed by atoms with Crippen LogP contribution in [-0.4, -0.2) is 43.5 Å². The third-order valence-corrected chi connectivity index (χ3v) is 4.05. The first-order chi connectivity index (χ1) is 7.17. The van der Waals surface area contributed by atoms with Gasteiger partial charge in [-0.25, -0.2) is 0 Å². The molecule has 2 aliphatic rings. The van der Waals surface area contributed by atoms with Crippen molar-refractivity contribution in [1.29, 1.82) is 0 Å². The zero-order valence-corrected chi connectivity index (χ0v) is 9.79. The van der Waals surface area contributed by atoms with Gasteiger partial charge in [0.05, 0.1) is 12.1 Å². The number of hydrogen-bond donors (Lipinski definition) is 0. The first-order valence-electron chi connectivity index (χ1n) is 5.96. The number of ether oxygens (including phenoxy) is 1. The number of rotatable bonds is 3. The van der Waals surface area contributed by atoms with Gasteiger partial charge in [-0.3, -0.25) is 9.69 Å². The molecule has 1 atom stereocenters. The Kier molecular flexibility index (Phi) is 3.12. The Hall–Kier alpha value is -0.410. The highest BCUT2D eigenvalue weighted by molar-refractivity contribution is 5.91. The molecule has 1 heterocycles. The summed E-state index contributed by atoms with van der Waals surface area (Å²) in [5.41, 5.74) is -0.168. The lowest BCUT2D eigenvalue weighted by Gasteiger charge is -2.36. The second-order valence-electron chi connectivity index (χ2n) is 5.06. The Morgan fingerprint density at radius 3 is 2.47 bits per heavy atom. The van der Waals surface area contributed by atoms with Crippen molar-refractivity contribution < 1.29 is 9.53 Å². The summed E-state index contributed by atoms with van der Waals surface area (Å²) in [4.78, 5) is 14.6. The van der Waals surface area contributed by atoms with Crippen molar-refractivity contribution in [1.82, 2.24) is 4.90 Å². The molecule has 2 rings (SSSR count). The van der Waals surface area contributed by atoms with Gasteiger partial charge in [-0.05, 0) is 33.4 Å². The number of hydrogen-bond acceptors (Lipinski definition) is 3. The molecule has 15 heavy (non-hydrogen) atoms. The Balaban J connectivity index is 2.13. The molecular formula is C12H21NO2. The van der Waals surface area contributed by atoms with Crippen LogP contribution in [0.2, 0.25) is 0 Å². The van der Waals surface area contributed by atoms with Crippen LogP contribution < -0.4 is 0 Å². The van der Waals surface area contributed by atoms with E-state index in [1.807, 2.05) is 14.1 Å². The van der Waals surface area contributed by atoms with Gasteiger partial charge in [-0.2, -0.15) is 0 Å². The second kappa shape index (κ2) is 4.22. The largest absolute Gasteiger partial charge is 0.381 e. The molecule has 86 valence electrons. The minimum absolute atomic E-state index is 0.158. The van der Waals surface area contributed by atoms with E-state index in [4.69, 9.17) is 4.74 Å². The van der Waals surface area contributed by atoms with Gasteiger partial charge >= 0.3 is 0 Å². The average molecular weight is 211 g/mol. The summed E-state index contributed by atoms with van der Waals surface area (Å²) < 4.78 is 5.32. The second-order valence-corrected chi connectivity index (χ2v) is 5.06. The normalized spacial score (nSPS) is 29.9. The molecule has 1 saturated carbocycles. The van der Waals surface area contributed by atoms with Crippen LogP contribution in [0.5, 0.6) is 0 Å². The molecule has 0 spiro atoms. The summed E-state index contributed by atoms with van der Waals surface area (Å²) >= 11 is 0. The minimum Gasteiger partial charge on any atom is -0.381 e. The lowest BCUT2D eigenvalue weighted by atomic mass is 9.83. The molecule has 3 nitrogen and oxygen atoms in total. The maximum atomic E-state index is 12.5. The molecule has 1 aliphatic heterocycles. The van der Waals surface area contributed by atoms with Gasteiger partial charge in [0.1, 0.15) is 0 Å². The van der Waals surface area contributed by atoms with Gasteiger partial charge in [0, 0.05) is 12.5 Å². The van der Waals surface area contributed by atoms with Crippen LogP contribution in [0.1, 0.15) is 32.1 Å². The van der Waals surface area contributed by atoms with Gasteiger partial charge in [-0.15, -0.1) is 0 Å². The number of ketones is 1. The van der Waals surface area contributed by atoms with Crippen LogP contribution in [0.4, 0.5) is 0 Å². The predicted molar refractivity (Wildman–Crippen MR) is 58.8 cm³/mol. The van der Waals surface area contributed by atoms with Gasteiger partial charge in [0.2, 0.25) is 0 Å². The maximum absolute atomic E-state index is 12.5. The first-order valence-corrected chi connectivity index (χ1v) is 5.96. The van der Waals surface area contributed by atoms with Crippen LogP contribution in [0, 0.1) is 5.92 Å². The Morgan fingerprint density at radius 2 is 2.00 bits per heavy atom. The van der Waals surface area contributed by atoms with E-state index in [1.54, 1.807) is 0 Å². The maximum Gasteiger partial charge on any atom is 0.158 e. The van der Waals surface area contributed by atoms with Crippen molar-refractivity contribution >= 4 is 5.78 Å². The van der Waals surface area contributed by atoms with E-state index in [2.05, 4.69) is 4.90 Å². The van der Waals surface area contributed by atoms with Crippen LogP contribution in [0.15, 0.2) is 0 Å². The lowest BCUT2D eigenvalue weighted by molar-refractivity contribution is -0.133. The average Bonchev–Trinajstić information content (AvgIpc) is 2.89. The molecule has 0 aromatic heterocycles. The quantitative estimate of drug-likeness (QED) is 0.708. The molecule has 0 radical (unpaired) electrons. The summed E-state index contributed by atoms with van der Waals surface area (Å²) in [5.74, 6) is 0.591. The van der Waals surface area contributed by atoms with Crippen molar-refractivity contribution in [2.45, 2.75) is 37.6 Å². The van der Waals surface area contributed by atoms with Crippen LogP contribution in [-0.2, 0) is 9.53 Å². The van der Waals surface area contributed by atoms with E-state index in [0.717, 1.165) is 25.9 Å². The van der Waals surface area contributed by atoms with E-state index < -0.39 is 0 Å². The summed E-state index contributed by atoms with van der Waals surface area (Å²) in [6, 6.07) is 0. The number of Topliss-reactive ketones (excluding diaryl/α,β-unsaturated/α-hetero) is 1. The van der Waals surface area contributed by atoms with Crippen LogP contribution in [0.25, 0.3) is 0 Å². The monoisotopic (exact) mass is 211 g/mol. The highest BCUT2D eigenvalue weighted by Crippen LogP contribution is 2.37. The first kappa shape index (κ1) is 11.1. The summed E-state index contributed by atoms with van der Waals surface area (Å²) in [7, 11) is 4.08. The van der Waals surface area contributed by atoms with Crippen LogP contribution in [0.3, 0.4) is 0 Å². The van der Waals surface area contributed by atoms with E-state index in [0.29, 0.717) is 12.4 Å². The molecule has 2 fully saturated rings. The van der Waals surface area contributed by atoms with Crippen molar-refractivity contribution in [3.05, 3.63) is 0 Å². The SMILES string of the molecule is CN(C)C1(C(=O)C2CCOC2)CCCC1. The topological polar surface area (TPSA) is 29.5 Å². The molecule has 0 bridgehead atoms. The fourth-order valence-corrected chi connectivity index (χ4v) is 3.00. The van der Waals surface area contributed by atoms with Crippen molar-refractivity contribution in [3.8, 4) is 0 Å². The fourth-order valence-electron chi connectivity index (χ4n) is 3.00. The van der Waals surface area contributed by atoms with E-state index in [1.165, 1.54) is 12.8 Å². The minimum atomic E-state index is -0.168. The molecule has 1 saturated heterocycles. The third kappa shape index (κ3) is 1.83. The third-order valence-electron chi connectivity index (χ3n) is 4.05. The van der Waals surface area contributed by atoms with Crippen molar-refractivity contribution in [2.24, 2.45) is 5.92 Å². The molecule has 1 aliphatic carbocycles. The predicted octanol–water partition coefficient (Wildman–Crippen LogP) is 1.47. The molecule has 3 heteroatoms. The standard InChI is InChI=1S/C12H21NO2/c1-13(2)12(6-3-4-7-12)11(14)10-5-8-15-9-10/h10H,3-9H2,1-2H3. The van der Waals surface area contributed by atoms with E-state index >= 15 is 0 Å². The highest BCUT2D eigenvalue weighted by atomic mass is 16.5. The van der Waals surface area contributed by atoms with Gasteiger partial charge in [0.15, 0.2) is 5.78 Å². The number of carbonyl (C=O) groups is 1. The molecule has 1 unspecified atom stereocenters. The van der Waals surface area contributed by atoms with Gasteiger partial charge < -0.3 is 4.74 Å². The number of carbonyl (C=O) groups excluding carboxylic acids is 1.